The lowest BCUT2D eigenvalue weighted by atomic mass is 10.3. The minimum atomic E-state index is 0.382. The molecule has 0 aliphatic heterocycles. The number of methoxy groups -OCH3 is 2. The van der Waals surface area contributed by atoms with Gasteiger partial charge in [-0.2, -0.15) is 14.6 Å². The molecule has 16 heavy (non-hydrogen) atoms. The van der Waals surface area contributed by atoms with Crippen molar-refractivity contribution in [2.75, 3.05) is 14.2 Å². The fourth-order valence-corrected chi connectivity index (χ4v) is 1.48. The van der Waals surface area contributed by atoms with Crippen molar-refractivity contribution in [3.05, 3.63) is 17.3 Å². The maximum atomic E-state index is 10.9. The van der Waals surface area contributed by atoms with E-state index < -0.39 is 0 Å². The maximum absolute atomic E-state index is 10.9. The van der Waals surface area contributed by atoms with Gasteiger partial charge in [-0.15, -0.1) is 0 Å². The van der Waals surface area contributed by atoms with Crippen molar-refractivity contribution in [1.29, 1.82) is 0 Å². The number of nitrogens with zero attached hydrogens (tertiary/aromatic N) is 3. The van der Waals surface area contributed by atoms with Crippen molar-refractivity contribution in [2.24, 2.45) is 0 Å². The van der Waals surface area contributed by atoms with E-state index in [0.29, 0.717) is 28.7 Å². The SMILES string of the molecule is COc1cc(OC)n2nc(C)c(C=O)c2n1. The van der Waals surface area contributed by atoms with Crippen LogP contribution in [0.2, 0.25) is 0 Å². The molecule has 2 heterocycles. The maximum Gasteiger partial charge on any atom is 0.221 e. The van der Waals surface area contributed by atoms with Crippen LogP contribution in [0.5, 0.6) is 11.8 Å². The average Bonchev–Trinajstić information content (AvgIpc) is 2.62. The zero-order chi connectivity index (χ0) is 11.7. The van der Waals surface area contributed by atoms with Crippen LogP contribution in [0.4, 0.5) is 0 Å². The minimum Gasteiger partial charge on any atom is -0.481 e. The highest BCUT2D eigenvalue weighted by molar-refractivity contribution is 5.86. The fraction of sp³-hybridized carbons (Fsp3) is 0.300. The molecule has 2 aromatic heterocycles. The fourth-order valence-electron chi connectivity index (χ4n) is 1.48. The summed E-state index contributed by atoms with van der Waals surface area (Å²) in [5, 5.41) is 4.17. The number of hydrogen-bond donors (Lipinski definition) is 0. The van der Waals surface area contributed by atoms with E-state index in [2.05, 4.69) is 10.1 Å². The van der Waals surface area contributed by atoms with Gasteiger partial charge in [0.05, 0.1) is 31.5 Å². The predicted molar refractivity (Wildman–Crippen MR) is 56.2 cm³/mol. The number of aryl methyl sites for hydroxylation is 1. The molecule has 0 aromatic carbocycles. The van der Waals surface area contributed by atoms with Crippen molar-refractivity contribution >= 4 is 11.9 Å². The first kappa shape index (κ1) is 10.4. The molecule has 0 bridgehead atoms. The summed E-state index contributed by atoms with van der Waals surface area (Å²) in [4.78, 5) is 15.1. The zero-order valence-electron chi connectivity index (χ0n) is 9.22. The molecule has 0 radical (unpaired) electrons. The van der Waals surface area contributed by atoms with Gasteiger partial charge in [0.2, 0.25) is 11.8 Å². The quantitative estimate of drug-likeness (QED) is 0.719. The highest BCUT2D eigenvalue weighted by atomic mass is 16.5. The number of aromatic nitrogens is 3. The van der Waals surface area contributed by atoms with Crippen LogP contribution < -0.4 is 9.47 Å². The van der Waals surface area contributed by atoms with Crippen LogP contribution in [-0.2, 0) is 0 Å². The van der Waals surface area contributed by atoms with Crippen molar-refractivity contribution in [1.82, 2.24) is 14.6 Å². The zero-order valence-corrected chi connectivity index (χ0v) is 9.22. The lowest BCUT2D eigenvalue weighted by Gasteiger charge is -2.05. The molecule has 0 amide bonds. The number of carbonyl (C=O) groups excluding carboxylic acids is 1. The van der Waals surface area contributed by atoms with Crippen LogP contribution in [0.15, 0.2) is 6.07 Å². The Hall–Kier alpha value is -2.11. The minimum absolute atomic E-state index is 0.382. The normalized spacial score (nSPS) is 10.4. The third-order valence-corrected chi connectivity index (χ3v) is 2.29. The van der Waals surface area contributed by atoms with Crippen molar-refractivity contribution < 1.29 is 14.3 Å². The molecule has 2 rings (SSSR count). The Morgan fingerprint density at radius 2 is 2.12 bits per heavy atom. The van der Waals surface area contributed by atoms with Crippen LogP contribution in [0, 0.1) is 6.92 Å². The van der Waals surface area contributed by atoms with Crippen LogP contribution in [0.1, 0.15) is 16.1 Å². The number of aldehydes is 1. The molecule has 0 fully saturated rings. The first-order valence-corrected chi connectivity index (χ1v) is 4.64. The molecule has 0 atom stereocenters. The monoisotopic (exact) mass is 221 g/mol. The van der Waals surface area contributed by atoms with E-state index in [-0.39, 0.29) is 0 Å². The van der Waals surface area contributed by atoms with E-state index in [1.54, 1.807) is 13.0 Å². The second-order valence-corrected chi connectivity index (χ2v) is 3.19. The lowest BCUT2D eigenvalue weighted by molar-refractivity contribution is 0.112. The van der Waals surface area contributed by atoms with Crippen LogP contribution in [0.25, 0.3) is 5.65 Å². The summed E-state index contributed by atoms with van der Waals surface area (Å²) in [6.45, 7) is 1.74. The highest BCUT2D eigenvalue weighted by Gasteiger charge is 2.14. The molecule has 0 saturated heterocycles. The van der Waals surface area contributed by atoms with Gasteiger partial charge in [0, 0.05) is 0 Å². The number of hydrogen-bond acceptors (Lipinski definition) is 5. The Morgan fingerprint density at radius 3 is 2.69 bits per heavy atom. The Kier molecular flexibility index (Phi) is 2.47. The van der Waals surface area contributed by atoms with E-state index >= 15 is 0 Å². The highest BCUT2D eigenvalue weighted by Crippen LogP contribution is 2.22. The molecule has 0 aliphatic rings. The molecular weight excluding hydrogens is 210 g/mol. The second-order valence-electron chi connectivity index (χ2n) is 3.19. The molecule has 84 valence electrons. The summed E-state index contributed by atoms with van der Waals surface area (Å²) in [5.74, 6) is 0.852. The van der Waals surface area contributed by atoms with Gasteiger partial charge in [0.1, 0.15) is 0 Å². The van der Waals surface area contributed by atoms with Gasteiger partial charge in [-0.25, -0.2) is 0 Å². The summed E-state index contributed by atoms with van der Waals surface area (Å²) in [6, 6.07) is 1.61. The van der Waals surface area contributed by atoms with Crippen LogP contribution >= 0.6 is 0 Å². The summed E-state index contributed by atoms with van der Waals surface area (Å²) in [7, 11) is 3.02. The molecular formula is C10H11N3O3. The lowest BCUT2D eigenvalue weighted by Crippen LogP contribution is -2.00. The number of carbonyl (C=O) groups is 1. The third-order valence-electron chi connectivity index (χ3n) is 2.29. The first-order chi connectivity index (χ1) is 7.71. The molecule has 6 heteroatoms. The molecule has 0 unspecified atom stereocenters. The van der Waals surface area contributed by atoms with Gasteiger partial charge in [0.15, 0.2) is 11.9 Å². The van der Waals surface area contributed by atoms with Crippen molar-refractivity contribution in [3.8, 4) is 11.8 Å². The standard InChI is InChI=1S/C10H11N3O3/c1-6-7(5-14)10-11-8(15-2)4-9(16-3)13(10)12-6/h4-5H,1-3H3. The molecule has 0 N–H and O–H groups in total. The predicted octanol–water partition coefficient (Wildman–Crippen LogP) is 0.867. The Morgan fingerprint density at radius 1 is 1.38 bits per heavy atom. The van der Waals surface area contributed by atoms with E-state index in [1.165, 1.54) is 18.7 Å². The van der Waals surface area contributed by atoms with Crippen LogP contribution in [-0.4, -0.2) is 35.1 Å². The topological polar surface area (TPSA) is 65.7 Å². The molecule has 6 nitrogen and oxygen atoms in total. The summed E-state index contributed by atoms with van der Waals surface area (Å²) >= 11 is 0. The number of fused-ring (bicyclic) bond motifs is 1. The van der Waals surface area contributed by atoms with E-state index in [1.807, 2.05) is 0 Å². The van der Waals surface area contributed by atoms with Gasteiger partial charge in [-0.3, -0.25) is 4.79 Å². The number of rotatable bonds is 3. The Balaban J connectivity index is 2.83. The summed E-state index contributed by atoms with van der Waals surface area (Å²) in [6.07, 6.45) is 0.726. The van der Waals surface area contributed by atoms with E-state index in [0.717, 1.165) is 6.29 Å². The molecule has 0 saturated carbocycles. The van der Waals surface area contributed by atoms with Crippen molar-refractivity contribution in [2.45, 2.75) is 6.92 Å². The second kappa shape index (κ2) is 3.80. The van der Waals surface area contributed by atoms with Gasteiger partial charge in [-0.1, -0.05) is 0 Å². The van der Waals surface area contributed by atoms with E-state index in [4.69, 9.17) is 9.47 Å². The molecule has 0 aliphatic carbocycles. The largest absolute Gasteiger partial charge is 0.481 e. The van der Waals surface area contributed by atoms with Gasteiger partial charge < -0.3 is 9.47 Å². The van der Waals surface area contributed by atoms with Crippen LogP contribution in [0.3, 0.4) is 0 Å². The summed E-state index contributed by atoms with van der Waals surface area (Å²) in [5.41, 5.74) is 1.48. The van der Waals surface area contributed by atoms with Gasteiger partial charge >= 0.3 is 0 Å². The van der Waals surface area contributed by atoms with Gasteiger partial charge in [0.25, 0.3) is 0 Å². The number of ether oxygens (including phenoxy) is 2. The molecule has 0 spiro atoms. The van der Waals surface area contributed by atoms with Gasteiger partial charge in [-0.05, 0) is 6.92 Å². The first-order valence-electron chi connectivity index (χ1n) is 4.64. The average molecular weight is 221 g/mol. The van der Waals surface area contributed by atoms with Crippen molar-refractivity contribution in [3.63, 3.8) is 0 Å². The molecule has 2 aromatic rings. The van der Waals surface area contributed by atoms with E-state index in [9.17, 15) is 4.79 Å². The summed E-state index contributed by atoms with van der Waals surface area (Å²) < 4.78 is 11.6. The Bertz CT molecular complexity index is 548. The smallest absolute Gasteiger partial charge is 0.221 e. The Labute approximate surface area is 91.8 Å². The third kappa shape index (κ3) is 1.39.